The van der Waals surface area contributed by atoms with E-state index >= 15 is 0 Å². The molecule has 5 aromatic rings. The van der Waals surface area contributed by atoms with Crippen LogP contribution in [0.5, 0.6) is 0 Å². The molecule has 0 radical (unpaired) electrons. The molecule has 174 valence electrons. The maximum atomic E-state index is 13.1. The van der Waals surface area contributed by atoms with Crippen molar-refractivity contribution in [3.05, 3.63) is 108 Å². The zero-order chi connectivity index (χ0) is 24.4. The van der Waals surface area contributed by atoms with Crippen LogP contribution in [0.3, 0.4) is 0 Å². The molecule has 0 aliphatic heterocycles. The highest BCUT2D eigenvalue weighted by molar-refractivity contribution is 6.07. The third kappa shape index (κ3) is 4.51. The standard InChI is InChI=1S/C29H25N3O3/c1-31(29(34)23-14-13-21-7-3-4-8-22(21)17-23)24-15-11-20(12-16-24)19-32-27-10-6-5-9-25(27)26(30-32)18-28(33)35-2/h3-17H,18-19H2,1-2H3. The van der Waals surface area contributed by atoms with Gasteiger partial charge in [0.1, 0.15) is 0 Å². The van der Waals surface area contributed by atoms with Gasteiger partial charge in [0.15, 0.2) is 0 Å². The van der Waals surface area contributed by atoms with E-state index in [1.165, 1.54) is 7.11 Å². The molecule has 0 aliphatic rings. The molecule has 0 bridgehead atoms. The van der Waals surface area contributed by atoms with Gasteiger partial charge in [-0.1, -0.05) is 60.7 Å². The number of esters is 1. The summed E-state index contributed by atoms with van der Waals surface area (Å²) in [5.74, 6) is -0.377. The fourth-order valence-electron chi connectivity index (χ4n) is 4.29. The molecule has 6 heteroatoms. The molecule has 5 rings (SSSR count). The van der Waals surface area contributed by atoms with Crippen molar-refractivity contribution in [2.45, 2.75) is 13.0 Å². The molecule has 0 aliphatic carbocycles. The number of para-hydroxylation sites is 1. The number of carbonyl (C=O) groups is 2. The van der Waals surface area contributed by atoms with Crippen LogP contribution in [-0.4, -0.2) is 35.8 Å². The summed E-state index contributed by atoms with van der Waals surface area (Å²) in [4.78, 5) is 26.6. The Balaban J connectivity index is 1.35. The Morgan fingerprint density at radius 3 is 2.37 bits per heavy atom. The quantitative estimate of drug-likeness (QED) is 0.324. The Kier molecular flexibility index (Phi) is 6.02. The molecule has 6 nitrogen and oxygen atoms in total. The number of anilines is 1. The van der Waals surface area contributed by atoms with Crippen LogP contribution in [0.2, 0.25) is 0 Å². The minimum atomic E-state index is -0.316. The van der Waals surface area contributed by atoms with Crippen LogP contribution in [0.4, 0.5) is 5.69 Å². The van der Waals surface area contributed by atoms with Crippen molar-refractivity contribution >= 4 is 39.2 Å². The summed E-state index contributed by atoms with van der Waals surface area (Å²) in [6.45, 7) is 0.546. The smallest absolute Gasteiger partial charge is 0.311 e. The number of aromatic nitrogens is 2. The van der Waals surface area contributed by atoms with E-state index in [4.69, 9.17) is 4.74 Å². The number of benzene rings is 4. The Morgan fingerprint density at radius 2 is 1.60 bits per heavy atom. The normalized spacial score (nSPS) is 11.0. The topological polar surface area (TPSA) is 64.4 Å². The van der Waals surface area contributed by atoms with Crippen LogP contribution in [0.15, 0.2) is 91.0 Å². The Labute approximate surface area is 203 Å². The second-order valence-electron chi connectivity index (χ2n) is 8.47. The van der Waals surface area contributed by atoms with E-state index in [1.54, 1.807) is 11.9 Å². The maximum Gasteiger partial charge on any atom is 0.311 e. The number of nitrogens with zero attached hydrogens (tertiary/aromatic N) is 3. The van der Waals surface area contributed by atoms with Crippen LogP contribution >= 0.6 is 0 Å². The van der Waals surface area contributed by atoms with Crippen LogP contribution in [0.25, 0.3) is 21.7 Å². The monoisotopic (exact) mass is 463 g/mol. The minimum Gasteiger partial charge on any atom is -0.469 e. The van der Waals surface area contributed by atoms with Gasteiger partial charge in [-0.2, -0.15) is 5.10 Å². The van der Waals surface area contributed by atoms with Gasteiger partial charge < -0.3 is 9.64 Å². The number of hydrogen-bond donors (Lipinski definition) is 0. The summed E-state index contributed by atoms with van der Waals surface area (Å²) in [6, 6.07) is 29.5. The van der Waals surface area contributed by atoms with E-state index in [0.29, 0.717) is 17.8 Å². The molecule has 0 saturated heterocycles. The fourth-order valence-corrected chi connectivity index (χ4v) is 4.29. The number of rotatable bonds is 6. The van der Waals surface area contributed by atoms with Gasteiger partial charge >= 0.3 is 5.97 Å². The van der Waals surface area contributed by atoms with Crippen LogP contribution in [0.1, 0.15) is 21.6 Å². The van der Waals surface area contributed by atoms with Crippen LogP contribution in [0, 0.1) is 0 Å². The lowest BCUT2D eigenvalue weighted by Crippen LogP contribution is -2.26. The molecular weight excluding hydrogens is 438 g/mol. The molecule has 0 unspecified atom stereocenters. The number of hydrogen-bond acceptors (Lipinski definition) is 4. The Bertz CT molecular complexity index is 1540. The lowest BCUT2D eigenvalue weighted by Gasteiger charge is -2.18. The van der Waals surface area contributed by atoms with Crippen molar-refractivity contribution in [2.24, 2.45) is 0 Å². The van der Waals surface area contributed by atoms with E-state index in [0.717, 1.165) is 32.9 Å². The van der Waals surface area contributed by atoms with E-state index in [2.05, 4.69) is 5.10 Å². The fraction of sp³-hybridized carbons (Fsp3) is 0.138. The molecule has 0 spiro atoms. The van der Waals surface area contributed by atoms with Crippen molar-refractivity contribution in [3.63, 3.8) is 0 Å². The molecule has 0 saturated carbocycles. The number of ether oxygens (including phenoxy) is 1. The van der Waals surface area contributed by atoms with Gasteiger partial charge in [0, 0.05) is 23.7 Å². The number of methoxy groups -OCH3 is 1. The summed E-state index contributed by atoms with van der Waals surface area (Å²) >= 11 is 0. The first-order valence-corrected chi connectivity index (χ1v) is 11.4. The number of carbonyl (C=O) groups excluding carboxylic acids is 2. The van der Waals surface area contributed by atoms with Crippen LogP contribution < -0.4 is 4.90 Å². The third-order valence-corrected chi connectivity index (χ3v) is 6.23. The largest absolute Gasteiger partial charge is 0.469 e. The average Bonchev–Trinajstić information content (AvgIpc) is 3.24. The van der Waals surface area contributed by atoms with Crippen molar-refractivity contribution in [3.8, 4) is 0 Å². The van der Waals surface area contributed by atoms with Crippen molar-refractivity contribution in [1.29, 1.82) is 0 Å². The summed E-state index contributed by atoms with van der Waals surface area (Å²) in [5.41, 5.74) is 4.15. The van der Waals surface area contributed by atoms with Gasteiger partial charge in [-0.05, 0) is 46.7 Å². The number of amides is 1. The second-order valence-corrected chi connectivity index (χ2v) is 8.47. The van der Waals surface area contributed by atoms with Crippen molar-refractivity contribution in [1.82, 2.24) is 9.78 Å². The predicted molar refractivity (Wildman–Crippen MR) is 138 cm³/mol. The van der Waals surface area contributed by atoms with Crippen LogP contribution in [-0.2, 0) is 22.5 Å². The van der Waals surface area contributed by atoms with Gasteiger partial charge in [-0.3, -0.25) is 14.3 Å². The van der Waals surface area contributed by atoms with Gasteiger partial charge in [0.05, 0.1) is 31.3 Å². The molecule has 0 N–H and O–H groups in total. The molecular formula is C29H25N3O3. The highest BCUT2D eigenvalue weighted by atomic mass is 16.5. The molecule has 1 amide bonds. The summed E-state index contributed by atoms with van der Waals surface area (Å²) in [6.07, 6.45) is 0.130. The third-order valence-electron chi connectivity index (χ3n) is 6.23. The highest BCUT2D eigenvalue weighted by Crippen LogP contribution is 2.23. The van der Waals surface area contributed by atoms with Gasteiger partial charge in [-0.25, -0.2) is 0 Å². The SMILES string of the molecule is COC(=O)Cc1nn(Cc2ccc(N(C)C(=O)c3ccc4ccccc4c3)cc2)c2ccccc12. The Morgan fingerprint density at radius 1 is 0.886 bits per heavy atom. The molecule has 0 atom stereocenters. The molecule has 35 heavy (non-hydrogen) atoms. The molecule has 1 aromatic heterocycles. The average molecular weight is 464 g/mol. The predicted octanol–water partition coefficient (Wildman–Crippen LogP) is 5.23. The molecule has 4 aromatic carbocycles. The minimum absolute atomic E-state index is 0.0611. The molecule has 0 fully saturated rings. The van der Waals surface area contributed by atoms with Gasteiger partial charge in [-0.15, -0.1) is 0 Å². The zero-order valence-electron chi connectivity index (χ0n) is 19.6. The van der Waals surface area contributed by atoms with Crippen molar-refractivity contribution in [2.75, 3.05) is 19.1 Å². The van der Waals surface area contributed by atoms with E-state index < -0.39 is 0 Å². The van der Waals surface area contributed by atoms with Gasteiger partial charge in [0.25, 0.3) is 5.91 Å². The van der Waals surface area contributed by atoms with E-state index in [-0.39, 0.29) is 18.3 Å². The Hall–Kier alpha value is -4.45. The lowest BCUT2D eigenvalue weighted by molar-refractivity contribution is -0.139. The first-order valence-electron chi connectivity index (χ1n) is 11.4. The first kappa shape index (κ1) is 22.3. The number of fused-ring (bicyclic) bond motifs is 2. The van der Waals surface area contributed by atoms with E-state index in [9.17, 15) is 9.59 Å². The summed E-state index contributed by atoms with van der Waals surface area (Å²) in [7, 11) is 3.16. The summed E-state index contributed by atoms with van der Waals surface area (Å²) < 4.78 is 6.71. The summed E-state index contributed by atoms with van der Waals surface area (Å²) in [5, 5.41) is 7.76. The second kappa shape index (κ2) is 9.43. The van der Waals surface area contributed by atoms with E-state index in [1.807, 2.05) is 95.7 Å². The lowest BCUT2D eigenvalue weighted by atomic mass is 10.1. The highest BCUT2D eigenvalue weighted by Gasteiger charge is 2.16. The maximum absolute atomic E-state index is 13.1. The zero-order valence-corrected chi connectivity index (χ0v) is 19.6. The first-order chi connectivity index (χ1) is 17.0. The van der Waals surface area contributed by atoms with Gasteiger partial charge in [0.2, 0.25) is 0 Å². The van der Waals surface area contributed by atoms with Crippen molar-refractivity contribution < 1.29 is 14.3 Å². The molecule has 1 heterocycles.